The molecule has 0 bridgehead atoms. The summed E-state index contributed by atoms with van der Waals surface area (Å²) in [4.78, 5) is 0. The summed E-state index contributed by atoms with van der Waals surface area (Å²) in [6.07, 6.45) is 1.00. The molecule has 0 N–H and O–H groups in total. The number of hydrogen-bond acceptors (Lipinski definition) is 0. The third-order valence-corrected chi connectivity index (χ3v) is 15.1. The van der Waals surface area contributed by atoms with Gasteiger partial charge in [0.2, 0.25) is 0 Å². The molecule has 0 aliphatic heterocycles. The molecule has 30 heavy (non-hydrogen) atoms. The zero-order valence-corrected chi connectivity index (χ0v) is 20.9. The molecule has 0 nitrogen and oxygen atoms in total. The maximum Gasteiger partial charge on any atom is 0.0441 e. The molecule has 0 aromatic heterocycles. The predicted octanol–water partition coefficient (Wildman–Crippen LogP) is 5.66. The van der Waals surface area contributed by atoms with Crippen molar-refractivity contribution in [1.29, 1.82) is 0 Å². The Kier molecular flexibility index (Phi) is 7.47. The summed E-state index contributed by atoms with van der Waals surface area (Å²) in [5.74, 6) is 0. The van der Waals surface area contributed by atoms with Crippen LogP contribution in [0.1, 0.15) is 0 Å². The monoisotopic (exact) mass is 462 g/mol. The number of benzene rings is 4. The highest BCUT2D eigenvalue weighted by Gasteiger charge is 2.43. The standard InChI is InChI=1S/C26H26P4/c27-21-26(28,29(22-13-5-1-6-14-22)23-15-7-2-8-16-23)30(24-17-9-3-10-18-24)25-19-11-4-12-20-25/h1-20H,21,27-28H2. The van der Waals surface area contributed by atoms with Crippen molar-refractivity contribution in [3.8, 4) is 0 Å². The molecule has 0 radical (unpaired) electrons. The molecule has 0 heterocycles. The molecule has 0 aliphatic carbocycles. The van der Waals surface area contributed by atoms with Gasteiger partial charge in [-0.2, -0.15) is 0 Å². The van der Waals surface area contributed by atoms with Crippen molar-refractivity contribution in [1.82, 2.24) is 0 Å². The summed E-state index contributed by atoms with van der Waals surface area (Å²) < 4.78 is 0.000741. The van der Waals surface area contributed by atoms with Crippen molar-refractivity contribution in [2.24, 2.45) is 0 Å². The quantitative estimate of drug-likeness (QED) is 0.311. The van der Waals surface area contributed by atoms with Crippen LogP contribution in [0.3, 0.4) is 0 Å². The molecule has 2 unspecified atom stereocenters. The lowest BCUT2D eigenvalue weighted by Crippen LogP contribution is -2.35. The van der Waals surface area contributed by atoms with Gasteiger partial charge in [-0.15, -0.1) is 18.5 Å². The second kappa shape index (κ2) is 10.3. The molecule has 0 fully saturated rings. The van der Waals surface area contributed by atoms with Crippen LogP contribution in [0.4, 0.5) is 0 Å². The molecule has 150 valence electrons. The largest absolute Gasteiger partial charge is 0.136 e. The van der Waals surface area contributed by atoms with Crippen molar-refractivity contribution in [3.05, 3.63) is 121 Å². The van der Waals surface area contributed by atoms with E-state index in [0.717, 1.165) is 6.16 Å². The minimum absolute atomic E-state index is 0.000741. The molecule has 4 aromatic rings. The maximum absolute atomic E-state index is 3.35. The van der Waals surface area contributed by atoms with E-state index in [1.165, 1.54) is 21.2 Å². The van der Waals surface area contributed by atoms with E-state index in [4.69, 9.17) is 0 Å². The van der Waals surface area contributed by atoms with Gasteiger partial charge in [-0.05, 0) is 43.2 Å². The fourth-order valence-electron chi connectivity index (χ4n) is 3.78. The lowest BCUT2D eigenvalue weighted by molar-refractivity contribution is 1.32. The van der Waals surface area contributed by atoms with Crippen LogP contribution < -0.4 is 21.2 Å². The predicted molar refractivity (Wildman–Crippen MR) is 145 cm³/mol. The van der Waals surface area contributed by atoms with Crippen LogP contribution in [0.25, 0.3) is 0 Å². The molecule has 2 atom stereocenters. The topological polar surface area (TPSA) is 0 Å². The van der Waals surface area contributed by atoms with Crippen LogP contribution in [0, 0.1) is 0 Å². The average Bonchev–Trinajstić information content (AvgIpc) is 2.82. The maximum atomic E-state index is 3.35. The lowest BCUT2D eigenvalue weighted by Gasteiger charge is -2.44. The van der Waals surface area contributed by atoms with Gasteiger partial charge in [-0.25, -0.2) is 0 Å². The molecule has 0 spiro atoms. The minimum atomic E-state index is -0.612. The molecule has 0 saturated carbocycles. The molecule has 4 aromatic carbocycles. The highest BCUT2D eigenvalue weighted by atomic mass is 31.2. The summed E-state index contributed by atoms with van der Waals surface area (Å²) in [6.45, 7) is 0. The fourth-order valence-corrected chi connectivity index (χ4v) is 13.5. The van der Waals surface area contributed by atoms with Crippen LogP contribution in [-0.4, -0.2) is 10.8 Å². The Hall–Kier alpha value is -1.40. The van der Waals surface area contributed by atoms with Crippen LogP contribution in [0.15, 0.2) is 121 Å². The Morgan fingerprint density at radius 1 is 0.467 bits per heavy atom. The van der Waals surface area contributed by atoms with Crippen molar-refractivity contribution < 1.29 is 0 Å². The van der Waals surface area contributed by atoms with Gasteiger partial charge in [0, 0.05) is 4.64 Å². The zero-order valence-electron chi connectivity index (χ0n) is 16.8. The van der Waals surface area contributed by atoms with Crippen molar-refractivity contribution in [3.63, 3.8) is 0 Å². The van der Waals surface area contributed by atoms with Crippen LogP contribution in [0.5, 0.6) is 0 Å². The molecule has 0 saturated heterocycles. The van der Waals surface area contributed by atoms with Crippen LogP contribution in [0.2, 0.25) is 0 Å². The zero-order chi connectivity index (χ0) is 20.8. The summed E-state index contributed by atoms with van der Waals surface area (Å²) in [7, 11) is 5.20. The van der Waals surface area contributed by atoms with E-state index >= 15 is 0 Å². The Bertz CT molecular complexity index is 875. The summed E-state index contributed by atoms with van der Waals surface area (Å²) in [5.41, 5.74) is 0. The molecule has 0 amide bonds. The van der Waals surface area contributed by atoms with Crippen molar-refractivity contribution in [2.45, 2.75) is 4.64 Å². The first kappa shape index (κ1) is 21.8. The Morgan fingerprint density at radius 3 is 0.900 bits per heavy atom. The lowest BCUT2D eigenvalue weighted by atomic mass is 10.4. The Labute approximate surface area is 187 Å². The summed E-state index contributed by atoms with van der Waals surface area (Å²) >= 11 is 0. The van der Waals surface area contributed by atoms with E-state index in [-0.39, 0.29) is 4.64 Å². The van der Waals surface area contributed by atoms with Crippen molar-refractivity contribution in [2.75, 3.05) is 6.16 Å². The first-order valence-corrected chi connectivity index (χ1v) is 14.1. The van der Waals surface area contributed by atoms with Crippen molar-refractivity contribution >= 4 is 55.5 Å². The highest BCUT2D eigenvalue weighted by molar-refractivity contribution is 7.97. The van der Waals surface area contributed by atoms with Crippen LogP contribution in [-0.2, 0) is 0 Å². The van der Waals surface area contributed by atoms with E-state index in [1.54, 1.807) is 0 Å². The third kappa shape index (κ3) is 4.59. The normalized spacial score (nSPS) is 11.7. The fraction of sp³-hybridized carbons (Fsp3) is 0.0769. The molecular weight excluding hydrogens is 436 g/mol. The molecule has 4 rings (SSSR count). The Morgan fingerprint density at radius 2 is 0.700 bits per heavy atom. The molecule has 4 heteroatoms. The second-order valence-electron chi connectivity index (χ2n) is 7.10. The third-order valence-electron chi connectivity index (χ3n) is 5.13. The van der Waals surface area contributed by atoms with E-state index in [0.29, 0.717) is 0 Å². The van der Waals surface area contributed by atoms with Crippen LogP contribution >= 0.6 is 34.3 Å². The minimum Gasteiger partial charge on any atom is -0.136 e. The van der Waals surface area contributed by atoms with Gasteiger partial charge in [0.1, 0.15) is 0 Å². The van der Waals surface area contributed by atoms with Gasteiger partial charge >= 0.3 is 0 Å². The van der Waals surface area contributed by atoms with Gasteiger partial charge in [-0.3, -0.25) is 0 Å². The van der Waals surface area contributed by atoms with Gasteiger partial charge < -0.3 is 0 Å². The van der Waals surface area contributed by atoms with E-state index < -0.39 is 15.8 Å². The van der Waals surface area contributed by atoms with E-state index in [9.17, 15) is 0 Å². The highest BCUT2D eigenvalue weighted by Crippen LogP contribution is 2.69. The molecular formula is C26H26P4. The van der Waals surface area contributed by atoms with E-state index in [1.807, 2.05) is 0 Å². The summed E-state index contributed by atoms with van der Waals surface area (Å²) in [6, 6.07) is 44.3. The Balaban J connectivity index is 1.95. The number of rotatable bonds is 7. The first-order valence-electron chi connectivity index (χ1n) is 10.0. The van der Waals surface area contributed by atoms with Gasteiger partial charge in [0.15, 0.2) is 0 Å². The number of hydrogen-bond donors (Lipinski definition) is 0. The van der Waals surface area contributed by atoms with Gasteiger partial charge in [-0.1, -0.05) is 121 Å². The SMILES string of the molecule is PCC(P)(P(c1ccccc1)c1ccccc1)P(c1ccccc1)c1ccccc1. The summed E-state index contributed by atoms with van der Waals surface area (Å²) in [5, 5.41) is 5.71. The smallest absolute Gasteiger partial charge is 0.0441 e. The van der Waals surface area contributed by atoms with Gasteiger partial charge in [0.25, 0.3) is 0 Å². The molecule has 0 aliphatic rings. The first-order chi connectivity index (χ1) is 14.7. The average molecular weight is 462 g/mol. The second-order valence-corrected chi connectivity index (χ2v) is 14.8. The van der Waals surface area contributed by atoms with E-state index in [2.05, 4.69) is 140 Å². The van der Waals surface area contributed by atoms with Gasteiger partial charge in [0.05, 0.1) is 0 Å².